The summed E-state index contributed by atoms with van der Waals surface area (Å²) >= 11 is 0. The largest absolute Gasteiger partial charge is 0.493 e. The van der Waals surface area contributed by atoms with Gasteiger partial charge in [-0.15, -0.1) is 0 Å². The summed E-state index contributed by atoms with van der Waals surface area (Å²) in [7, 11) is 0. The van der Waals surface area contributed by atoms with Crippen LogP contribution in [0.4, 0.5) is 10.5 Å². The topological polar surface area (TPSA) is 96.9 Å². The predicted molar refractivity (Wildman–Crippen MR) is 145 cm³/mol. The van der Waals surface area contributed by atoms with Crippen LogP contribution >= 0.6 is 0 Å². The quantitative estimate of drug-likeness (QED) is 0.274. The molecule has 1 aliphatic carbocycles. The van der Waals surface area contributed by atoms with Gasteiger partial charge in [-0.05, 0) is 69.4 Å². The Kier molecular flexibility index (Phi) is 7.13. The summed E-state index contributed by atoms with van der Waals surface area (Å²) in [5.74, 6) is 0.808. The molecule has 2 amide bonds. The van der Waals surface area contributed by atoms with Crippen molar-refractivity contribution in [2.24, 2.45) is 0 Å². The number of benzene rings is 2. The van der Waals surface area contributed by atoms with E-state index in [2.05, 4.69) is 32.3 Å². The number of hydrogen-bond donors (Lipinski definition) is 2. The molecule has 1 fully saturated rings. The Hall–Kier alpha value is -4.25. The van der Waals surface area contributed by atoms with E-state index in [0.717, 1.165) is 53.7 Å². The zero-order valence-corrected chi connectivity index (χ0v) is 21.3. The van der Waals surface area contributed by atoms with Crippen molar-refractivity contribution in [2.75, 3.05) is 11.9 Å². The molecule has 8 nitrogen and oxygen atoms in total. The molecule has 8 heteroatoms. The molecule has 0 aliphatic heterocycles. The maximum absolute atomic E-state index is 12.1. The summed E-state index contributed by atoms with van der Waals surface area (Å²) in [5, 5.41) is 16.8. The molecule has 2 aromatic heterocycles. The molecular formula is C29H32N6O2. The first-order valence-corrected chi connectivity index (χ1v) is 12.9. The lowest BCUT2D eigenvalue weighted by Crippen LogP contribution is -2.34. The van der Waals surface area contributed by atoms with Crippen molar-refractivity contribution in [3.63, 3.8) is 0 Å². The third kappa shape index (κ3) is 5.31. The molecule has 0 radical (unpaired) electrons. The van der Waals surface area contributed by atoms with E-state index in [9.17, 15) is 10.1 Å². The molecular weight excluding hydrogens is 464 g/mol. The molecule has 4 aromatic rings. The van der Waals surface area contributed by atoms with E-state index >= 15 is 0 Å². The van der Waals surface area contributed by atoms with Gasteiger partial charge in [0.15, 0.2) is 0 Å². The van der Waals surface area contributed by atoms with E-state index in [1.807, 2.05) is 67.3 Å². The number of aryl methyl sites for hydroxylation is 1. The molecule has 2 N–H and O–H groups in total. The van der Waals surface area contributed by atoms with Crippen molar-refractivity contribution in [1.29, 1.82) is 5.26 Å². The molecule has 37 heavy (non-hydrogen) atoms. The number of aromatic nitrogens is 3. The van der Waals surface area contributed by atoms with Crippen LogP contribution in [-0.4, -0.2) is 32.8 Å². The predicted octanol–water partition coefficient (Wildman–Crippen LogP) is 6.10. The maximum Gasteiger partial charge on any atom is 0.319 e. The number of ether oxygens (including phenoxy) is 1. The van der Waals surface area contributed by atoms with Crippen LogP contribution in [0.3, 0.4) is 0 Å². The minimum Gasteiger partial charge on any atom is -0.493 e. The smallest absolute Gasteiger partial charge is 0.319 e. The van der Waals surface area contributed by atoms with E-state index in [0.29, 0.717) is 23.9 Å². The number of rotatable bonds is 9. The SMILES string of the molecule is CC(C)NC(=O)Nc1ccc(-c2c(C#N)c3ccc(OCCCn4ccnc4)cc3n2C2CCC2)cc1. The number of anilines is 1. The number of urea groups is 1. The van der Waals surface area contributed by atoms with Gasteiger partial charge in [0.2, 0.25) is 0 Å². The third-order valence-corrected chi connectivity index (χ3v) is 6.75. The lowest BCUT2D eigenvalue weighted by atomic mass is 9.92. The van der Waals surface area contributed by atoms with Crippen molar-refractivity contribution in [1.82, 2.24) is 19.4 Å². The fourth-order valence-corrected chi connectivity index (χ4v) is 4.80. The molecule has 0 unspecified atom stereocenters. The van der Waals surface area contributed by atoms with Gasteiger partial charge in [0.05, 0.1) is 29.7 Å². The number of carbonyl (C=O) groups is 1. The van der Waals surface area contributed by atoms with E-state index in [1.165, 1.54) is 6.42 Å². The van der Waals surface area contributed by atoms with Gasteiger partial charge in [0.25, 0.3) is 0 Å². The summed E-state index contributed by atoms with van der Waals surface area (Å²) in [6.45, 7) is 5.30. The maximum atomic E-state index is 12.1. The molecule has 5 rings (SSSR count). The number of nitrogens with zero attached hydrogens (tertiary/aromatic N) is 4. The van der Waals surface area contributed by atoms with Gasteiger partial charge in [0.1, 0.15) is 11.8 Å². The highest BCUT2D eigenvalue weighted by atomic mass is 16.5. The number of carbonyl (C=O) groups excluding carboxylic acids is 1. The highest BCUT2D eigenvalue weighted by Gasteiger charge is 2.28. The van der Waals surface area contributed by atoms with E-state index < -0.39 is 0 Å². The molecule has 2 heterocycles. The molecule has 0 saturated heterocycles. The average Bonchev–Trinajstić information content (AvgIpc) is 3.47. The molecule has 0 spiro atoms. The molecule has 1 aliphatic rings. The van der Waals surface area contributed by atoms with Crippen LogP contribution in [0.2, 0.25) is 0 Å². The second-order valence-corrected chi connectivity index (χ2v) is 9.80. The normalized spacial score (nSPS) is 13.4. The summed E-state index contributed by atoms with van der Waals surface area (Å²) in [5.41, 5.74) is 4.29. The average molecular weight is 497 g/mol. The van der Waals surface area contributed by atoms with Gasteiger partial charge >= 0.3 is 6.03 Å². The standard InChI is InChI=1S/C29H32N6O2/c1-20(2)32-29(36)33-22-9-7-21(8-10-22)28-26(18-30)25-12-11-24(17-27(25)35(28)23-5-3-6-23)37-16-4-14-34-15-13-31-19-34/h7-13,15,17,19-20,23H,3-6,14,16H2,1-2H3,(H2,32,33,36). The fraction of sp³-hybridized carbons (Fsp3) is 0.345. The summed E-state index contributed by atoms with van der Waals surface area (Å²) in [6.07, 6.45) is 9.78. The fourth-order valence-electron chi connectivity index (χ4n) is 4.80. The minimum absolute atomic E-state index is 0.0567. The van der Waals surface area contributed by atoms with Gasteiger partial charge in [-0.3, -0.25) is 0 Å². The zero-order valence-electron chi connectivity index (χ0n) is 21.3. The molecule has 0 atom stereocenters. The first kappa shape index (κ1) is 24.4. The van der Waals surface area contributed by atoms with Crippen LogP contribution in [0.25, 0.3) is 22.2 Å². The van der Waals surface area contributed by atoms with Crippen molar-refractivity contribution in [3.05, 3.63) is 66.7 Å². The number of amides is 2. The minimum atomic E-state index is -0.235. The van der Waals surface area contributed by atoms with Crippen molar-refractivity contribution in [2.45, 2.75) is 58.2 Å². The van der Waals surface area contributed by atoms with Crippen molar-refractivity contribution < 1.29 is 9.53 Å². The van der Waals surface area contributed by atoms with E-state index in [1.54, 1.807) is 6.20 Å². The van der Waals surface area contributed by atoms with Gasteiger partial charge in [-0.25, -0.2) is 9.78 Å². The van der Waals surface area contributed by atoms with Crippen LogP contribution in [0.5, 0.6) is 5.75 Å². The third-order valence-electron chi connectivity index (χ3n) is 6.75. The second kappa shape index (κ2) is 10.8. The lowest BCUT2D eigenvalue weighted by molar-refractivity contribution is 0.250. The number of imidazole rings is 1. The molecule has 1 saturated carbocycles. The van der Waals surface area contributed by atoms with Gasteiger partial charge < -0.3 is 24.5 Å². The van der Waals surface area contributed by atoms with Crippen LogP contribution in [-0.2, 0) is 6.54 Å². The van der Waals surface area contributed by atoms with Crippen LogP contribution in [0, 0.1) is 11.3 Å². The second-order valence-electron chi connectivity index (χ2n) is 9.80. The first-order chi connectivity index (χ1) is 18.0. The number of hydrogen-bond acceptors (Lipinski definition) is 4. The highest BCUT2D eigenvalue weighted by molar-refractivity contribution is 5.96. The van der Waals surface area contributed by atoms with Gasteiger partial charge in [-0.2, -0.15) is 5.26 Å². The van der Waals surface area contributed by atoms with Crippen LogP contribution in [0.1, 0.15) is 51.1 Å². The first-order valence-electron chi connectivity index (χ1n) is 12.9. The monoisotopic (exact) mass is 496 g/mol. The summed E-state index contributed by atoms with van der Waals surface area (Å²) in [6, 6.07) is 16.4. The Morgan fingerprint density at radius 1 is 1.22 bits per heavy atom. The Morgan fingerprint density at radius 3 is 2.68 bits per heavy atom. The molecule has 0 bridgehead atoms. The van der Waals surface area contributed by atoms with Crippen LogP contribution < -0.4 is 15.4 Å². The molecule has 2 aromatic carbocycles. The zero-order chi connectivity index (χ0) is 25.8. The number of nitriles is 1. The number of nitrogens with one attached hydrogen (secondary N) is 2. The van der Waals surface area contributed by atoms with Gasteiger partial charge in [0, 0.05) is 48.2 Å². The van der Waals surface area contributed by atoms with Crippen molar-refractivity contribution >= 4 is 22.6 Å². The Labute approximate surface area is 216 Å². The van der Waals surface area contributed by atoms with E-state index in [4.69, 9.17) is 4.74 Å². The Balaban J connectivity index is 1.43. The van der Waals surface area contributed by atoms with Crippen LogP contribution in [0.15, 0.2) is 61.2 Å². The van der Waals surface area contributed by atoms with Gasteiger partial charge in [-0.1, -0.05) is 12.1 Å². The molecule has 190 valence electrons. The van der Waals surface area contributed by atoms with Crippen molar-refractivity contribution in [3.8, 4) is 23.1 Å². The summed E-state index contributed by atoms with van der Waals surface area (Å²) in [4.78, 5) is 16.2. The van der Waals surface area contributed by atoms with E-state index in [-0.39, 0.29) is 12.1 Å². The Morgan fingerprint density at radius 2 is 2.03 bits per heavy atom. The summed E-state index contributed by atoms with van der Waals surface area (Å²) < 4.78 is 10.5. The Bertz CT molecular complexity index is 1410. The number of fused-ring (bicyclic) bond motifs is 1. The highest BCUT2D eigenvalue weighted by Crippen LogP contribution is 2.43. The lowest BCUT2D eigenvalue weighted by Gasteiger charge is -2.30.